The van der Waals surface area contributed by atoms with Gasteiger partial charge in [-0.15, -0.1) is 0 Å². The van der Waals surface area contributed by atoms with E-state index in [1.165, 1.54) is 7.11 Å². The molecule has 0 heterocycles. The van der Waals surface area contributed by atoms with Crippen molar-refractivity contribution >= 4 is 46.7 Å². The van der Waals surface area contributed by atoms with Crippen LogP contribution in [-0.4, -0.2) is 23.3 Å². The van der Waals surface area contributed by atoms with E-state index in [4.69, 9.17) is 34.8 Å². The molecule has 4 nitrogen and oxygen atoms in total. The predicted molar refractivity (Wildman–Crippen MR) is 136 cm³/mol. The first-order valence-electron chi connectivity index (χ1n) is 11.4. The molecule has 7 heteroatoms. The van der Waals surface area contributed by atoms with Gasteiger partial charge in [-0.05, 0) is 49.1 Å². The number of ether oxygens (including phenoxy) is 1. The monoisotopic (exact) mass is 511 g/mol. The van der Waals surface area contributed by atoms with Gasteiger partial charge in [0, 0.05) is 10.6 Å². The standard InChI is InChI=1S/C26H32Cl3NO3/c1-33-25(32)26(28,29)19-11-6-4-2-3-5-10-14-23(20-15-17-22(27)18-16-20)30-24(31)21-12-8-7-9-13-21/h7-9,12-13,15-18,23H,2-6,10-11,14,19H2,1H3,(H,30,31). The lowest BCUT2D eigenvalue weighted by atomic mass is 9.98. The van der Waals surface area contributed by atoms with E-state index in [1.54, 1.807) is 0 Å². The fourth-order valence-electron chi connectivity index (χ4n) is 3.68. The van der Waals surface area contributed by atoms with Crippen molar-refractivity contribution in [1.82, 2.24) is 5.32 Å². The normalized spacial score (nSPS) is 12.2. The molecule has 0 aliphatic rings. The zero-order chi connectivity index (χ0) is 24.1. The van der Waals surface area contributed by atoms with E-state index >= 15 is 0 Å². The van der Waals surface area contributed by atoms with Crippen molar-refractivity contribution in [3.8, 4) is 0 Å². The summed E-state index contributed by atoms with van der Waals surface area (Å²) >= 11 is 18.0. The molecule has 0 spiro atoms. The number of hydrogen-bond acceptors (Lipinski definition) is 3. The van der Waals surface area contributed by atoms with E-state index in [0.29, 0.717) is 17.0 Å². The molecule has 1 N–H and O–H groups in total. The minimum Gasteiger partial charge on any atom is -0.467 e. The Morgan fingerprint density at radius 1 is 0.879 bits per heavy atom. The Hall–Kier alpha value is -1.75. The van der Waals surface area contributed by atoms with Crippen molar-refractivity contribution in [2.45, 2.75) is 68.2 Å². The third kappa shape index (κ3) is 9.95. The number of halogens is 3. The molecular formula is C26H32Cl3NO3. The summed E-state index contributed by atoms with van der Waals surface area (Å²) < 4.78 is 3.16. The van der Waals surface area contributed by atoms with Gasteiger partial charge in [-0.25, -0.2) is 4.79 Å². The summed E-state index contributed by atoms with van der Waals surface area (Å²) in [6.45, 7) is 0. The highest BCUT2D eigenvalue weighted by molar-refractivity contribution is 6.57. The van der Waals surface area contributed by atoms with Gasteiger partial charge in [0.1, 0.15) is 0 Å². The number of methoxy groups -OCH3 is 1. The first kappa shape index (κ1) is 27.5. The van der Waals surface area contributed by atoms with Gasteiger partial charge in [0.05, 0.1) is 13.2 Å². The highest BCUT2D eigenvalue weighted by Crippen LogP contribution is 2.29. The van der Waals surface area contributed by atoms with E-state index in [2.05, 4.69) is 10.1 Å². The lowest BCUT2D eigenvalue weighted by molar-refractivity contribution is -0.141. The maximum atomic E-state index is 12.7. The molecule has 0 radical (unpaired) electrons. The van der Waals surface area contributed by atoms with Crippen LogP contribution < -0.4 is 5.32 Å². The van der Waals surface area contributed by atoms with Gasteiger partial charge in [-0.2, -0.15) is 0 Å². The van der Waals surface area contributed by atoms with Crippen molar-refractivity contribution in [3.05, 3.63) is 70.7 Å². The molecule has 0 aromatic heterocycles. The van der Waals surface area contributed by atoms with Gasteiger partial charge in [-0.3, -0.25) is 4.79 Å². The number of alkyl halides is 2. The molecule has 0 aliphatic carbocycles. The van der Waals surface area contributed by atoms with Crippen LogP contribution in [0, 0.1) is 0 Å². The molecule has 33 heavy (non-hydrogen) atoms. The Morgan fingerprint density at radius 3 is 2.06 bits per heavy atom. The van der Waals surface area contributed by atoms with Gasteiger partial charge in [-0.1, -0.05) is 104 Å². The molecule has 2 aromatic carbocycles. The van der Waals surface area contributed by atoms with Gasteiger partial charge in [0.15, 0.2) is 0 Å². The predicted octanol–water partition coefficient (Wildman–Crippen LogP) is 7.67. The lowest BCUT2D eigenvalue weighted by Gasteiger charge is -2.20. The molecule has 0 bridgehead atoms. The van der Waals surface area contributed by atoms with Crippen LogP contribution in [0.25, 0.3) is 0 Å². The summed E-state index contributed by atoms with van der Waals surface area (Å²) in [5.74, 6) is -0.669. The van der Waals surface area contributed by atoms with E-state index in [0.717, 1.165) is 56.9 Å². The zero-order valence-electron chi connectivity index (χ0n) is 19.0. The second kappa shape index (κ2) is 14.5. The molecule has 0 aliphatic heterocycles. The fourth-order valence-corrected chi connectivity index (χ4v) is 4.23. The highest BCUT2D eigenvalue weighted by atomic mass is 35.5. The second-order valence-electron chi connectivity index (χ2n) is 8.15. The van der Waals surface area contributed by atoms with Crippen molar-refractivity contribution in [3.63, 3.8) is 0 Å². The molecular weight excluding hydrogens is 481 g/mol. The lowest BCUT2D eigenvalue weighted by Crippen LogP contribution is -2.28. The summed E-state index contributed by atoms with van der Waals surface area (Å²) in [6.07, 6.45) is 8.40. The summed E-state index contributed by atoms with van der Waals surface area (Å²) in [4.78, 5) is 24.2. The molecule has 1 unspecified atom stereocenters. The molecule has 0 saturated carbocycles. The fraction of sp³-hybridized carbons (Fsp3) is 0.462. The number of nitrogens with one attached hydrogen (secondary N) is 1. The average molecular weight is 513 g/mol. The van der Waals surface area contributed by atoms with Crippen LogP contribution in [-0.2, 0) is 9.53 Å². The third-order valence-corrected chi connectivity index (χ3v) is 6.52. The van der Waals surface area contributed by atoms with Gasteiger partial charge in [0.2, 0.25) is 4.33 Å². The quantitative estimate of drug-likeness (QED) is 0.160. The maximum absolute atomic E-state index is 12.7. The van der Waals surface area contributed by atoms with E-state index in [9.17, 15) is 9.59 Å². The van der Waals surface area contributed by atoms with Crippen LogP contribution in [0.1, 0.15) is 79.8 Å². The van der Waals surface area contributed by atoms with Gasteiger partial charge in [0.25, 0.3) is 5.91 Å². The first-order chi connectivity index (χ1) is 15.8. The third-order valence-electron chi connectivity index (χ3n) is 5.58. The molecule has 2 rings (SSSR count). The molecule has 180 valence electrons. The number of carbonyl (C=O) groups is 2. The van der Waals surface area contributed by atoms with Crippen LogP contribution in [0.4, 0.5) is 0 Å². The number of rotatable bonds is 14. The number of unbranched alkanes of at least 4 members (excludes halogenated alkanes) is 6. The zero-order valence-corrected chi connectivity index (χ0v) is 21.3. The topological polar surface area (TPSA) is 55.4 Å². The molecule has 2 aromatic rings. The molecule has 1 atom stereocenters. The minimum absolute atomic E-state index is 0.0612. The molecule has 0 saturated heterocycles. The average Bonchev–Trinajstić information content (AvgIpc) is 2.82. The SMILES string of the molecule is COC(=O)C(Cl)(Cl)CCCCCCCCCC(NC(=O)c1ccccc1)c1ccc(Cl)cc1. The Labute approximate surface area is 211 Å². The van der Waals surface area contributed by atoms with Gasteiger partial charge < -0.3 is 10.1 Å². The number of amides is 1. The Kier molecular flexibility index (Phi) is 12.1. The van der Waals surface area contributed by atoms with Gasteiger partial charge >= 0.3 is 5.97 Å². The molecule has 1 amide bonds. The first-order valence-corrected chi connectivity index (χ1v) is 12.5. The highest BCUT2D eigenvalue weighted by Gasteiger charge is 2.33. The van der Waals surface area contributed by atoms with E-state index < -0.39 is 10.3 Å². The van der Waals surface area contributed by atoms with Crippen LogP contribution in [0.5, 0.6) is 0 Å². The van der Waals surface area contributed by atoms with Crippen LogP contribution in [0.3, 0.4) is 0 Å². The number of hydrogen-bond donors (Lipinski definition) is 1. The van der Waals surface area contributed by atoms with Crippen molar-refractivity contribution in [2.24, 2.45) is 0 Å². The van der Waals surface area contributed by atoms with Crippen LogP contribution >= 0.6 is 34.8 Å². The summed E-state index contributed by atoms with van der Waals surface area (Å²) in [6, 6.07) is 16.9. The molecule has 0 fully saturated rings. The smallest absolute Gasteiger partial charge is 0.342 e. The van der Waals surface area contributed by atoms with Crippen LogP contribution in [0.2, 0.25) is 5.02 Å². The largest absolute Gasteiger partial charge is 0.467 e. The maximum Gasteiger partial charge on any atom is 0.342 e. The van der Waals surface area contributed by atoms with Crippen molar-refractivity contribution in [2.75, 3.05) is 7.11 Å². The van der Waals surface area contributed by atoms with E-state index in [-0.39, 0.29) is 11.9 Å². The van der Waals surface area contributed by atoms with Crippen molar-refractivity contribution < 1.29 is 14.3 Å². The second-order valence-corrected chi connectivity index (χ2v) is 10.1. The van der Waals surface area contributed by atoms with Crippen LogP contribution in [0.15, 0.2) is 54.6 Å². The number of carbonyl (C=O) groups excluding carboxylic acids is 2. The summed E-state index contributed by atoms with van der Waals surface area (Å²) in [5.41, 5.74) is 1.71. The summed E-state index contributed by atoms with van der Waals surface area (Å²) in [5, 5.41) is 3.85. The Morgan fingerprint density at radius 2 is 1.45 bits per heavy atom. The minimum atomic E-state index is -1.45. The number of benzene rings is 2. The summed E-state index contributed by atoms with van der Waals surface area (Å²) in [7, 11) is 1.28. The number of esters is 1. The Bertz CT molecular complexity index is 857. The van der Waals surface area contributed by atoms with E-state index in [1.807, 2.05) is 54.6 Å². The Balaban J connectivity index is 1.73. The van der Waals surface area contributed by atoms with Crippen molar-refractivity contribution in [1.29, 1.82) is 0 Å².